The van der Waals surface area contributed by atoms with Crippen LogP contribution in [0.1, 0.15) is 47.4 Å². The van der Waals surface area contributed by atoms with Crippen molar-refractivity contribution in [2.45, 2.75) is 51.7 Å². The third-order valence-corrected chi connectivity index (χ3v) is 6.22. The zero-order valence-electron chi connectivity index (χ0n) is 19.0. The number of nitrogens with zero attached hydrogens (tertiary/aromatic N) is 5. The number of pyridine rings is 1. The molecule has 0 aliphatic heterocycles. The molecule has 0 radical (unpaired) electrons. The van der Waals surface area contributed by atoms with Crippen molar-refractivity contribution in [1.29, 1.82) is 0 Å². The summed E-state index contributed by atoms with van der Waals surface area (Å²) in [6, 6.07) is 7.63. The van der Waals surface area contributed by atoms with E-state index >= 15 is 0 Å². The Labute approximate surface area is 205 Å². The molecule has 4 rings (SSSR count). The first-order chi connectivity index (χ1) is 16.8. The number of aryl methyl sites for hydroxylation is 1. The van der Waals surface area contributed by atoms with Crippen LogP contribution in [0.5, 0.6) is 0 Å². The number of nitrogens with one attached hydrogen (secondary N) is 2. The van der Waals surface area contributed by atoms with Gasteiger partial charge in [0.1, 0.15) is 11.5 Å². The summed E-state index contributed by atoms with van der Waals surface area (Å²) in [6.07, 6.45) is 2.33. The first-order valence-corrected chi connectivity index (χ1v) is 11.6. The molecule has 2 amide bonds. The van der Waals surface area contributed by atoms with Crippen molar-refractivity contribution in [1.82, 2.24) is 35.8 Å². The number of aromatic nitrogens is 5. The van der Waals surface area contributed by atoms with Gasteiger partial charge in [0.05, 0.1) is 11.6 Å². The Bertz CT molecular complexity index is 1230. The molecule has 3 N–H and O–H groups in total. The van der Waals surface area contributed by atoms with Crippen molar-refractivity contribution < 1.29 is 19.1 Å². The standard InChI is InChI=1S/C23H25ClFN7O3/c1-13-8-16(10-20(27-13)22(33)26-11-15-4-7-19(25)18(24)9-15)21-29-31-32(30-21)12-14-2-5-17(6-3-14)28-23(34)35/h4,7-10,14,17,28H,2-3,5-6,11-12H2,1H3,(H,26,33)(H,34,35). The molecule has 12 heteroatoms. The topological polar surface area (TPSA) is 135 Å². The summed E-state index contributed by atoms with van der Waals surface area (Å²) in [6.45, 7) is 2.53. The molecule has 1 saturated carbocycles. The predicted molar refractivity (Wildman–Crippen MR) is 125 cm³/mol. The molecule has 0 saturated heterocycles. The molecule has 1 aliphatic rings. The highest BCUT2D eigenvalue weighted by Gasteiger charge is 2.23. The Balaban J connectivity index is 1.38. The van der Waals surface area contributed by atoms with E-state index in [1.807, 2.05) is 0 Å². The molecule has 184 valence electrons. The van der Waals surface area contributed by atoms with Crippen LogP contribution in [0, 0.1) is 18.7 Å². The van der Waals surface area contributed by atoms with E-state index < -0.39 is 17.8 Å². The molecule has 0 atom stereocenters. The summed E-state index contributed by atoms with van der Waals surface area (Å²) >= 11 is 5.80. The fourth-order valence-corrected chi connectivity index (χ4v) is 4.37. The van der Waals surface area contributed by atoms with Gasteiger partial charge in [-0.1, -0.05) is 17.7 Å². The van der Waals surface area contributed by atoms with E-state index in [4.69, 9.17) is 16.7 Å². The lowest BCUT2D eigenvalue weighted by Gasteiger charge is -2.27. The number of hydrogen-bond acceptors (Lipinski definition) is 6. The number of hydrogen-bond donors (Lipinski definition) is 3. The average molecular weight is 502 g/mol. The van der Waals surface area contributed by atoms with E-state index in [-0.39, 0.29) is 23.3 Å². The van der Waals surface area contributed by atoms with Crippen molar-refractivity contribution in [3.8, 4) is 11.4 Å². The molecule has 1 aliphatic carbocycles. The Morgan fingerprint density at radius 1 is 1.20 bits per heavy atom. The van der Waals surface area contributed by atoms with Gasteiger partial charge < -0.3 is 15.7 Å². The van der Waals surface area contributed by atoms with E-state index in [0.29, 0.717) is 35.1 Å². The highest BCUT2D eigenvalue weighted by atomic mass is 35.5. The number of halogens is 2. The van der Waals surface area contributed by atoms with Crippen LogP contribution >= 0.6 is 11.6 Å². The van der Waals surface area contributed by atoms with Crippen LogP contribution in [0.4, 0.5) is 9.18 Å². The average Bonchev–Trinajstić information content (AvgIpc) is 3.29. The van der Waals surface area contributed by atoms with Crippen molar-refractivity contribution in [3.63, 3.8) is 0 Å². The number of rotatable bonds is 7. The lowest BCUT2D eigenvalue weighted by Crippen LogP contribution is -2.37. The molecule has 10 nitrogen and oxygen atoms in total. The molecule has 2 aromatic heterocycles. The van der Waals surface area contributed by atoms with Crippen molar-refractivity contribution in [3.05, 3.63) is 58.1 Å². The molecular formula is C23H25ClFN7O3. The van der Waals surface area contributed by atoms with Gasteiger partial charge in [0.15, 0.2) is 0 Å². The third kappa shape index (κ3) is 6.50. The van der Waals surface area contributed by atoms with Gasteiger partial charge in [-0.05, 0) is 73.6 Å². The molecular weight excluding hydrogens is 477 g/mol. The second-order valence-corrected chi connectivity index (χ2v) is 9.06. The Morgan fingerprint density at radius 3 is 2.69 bits per heavy atom. The van der Waals surface area contributed by atoms with Crippen molar-refractivity contribution in [2.75, 3.05) is 0 Å². The van der Waals surface area contributed by atoms with Gasteiger partial charge in [-0.3, -0.25) is 4.79 Å². The number of amides is 2. The summed E-state index contributed by atoms with van der Waals surface area (Å²) in [5, 5.41) is 26.9. The van der Waals surface area contributed by atoms with Crippen LogP contribution in [-0.4, -0.2) is 48.3 Å². The van der Waals surface area contributed by atoms with Gasteiger partial charge in [0.2, 0.25) is 5.82 Å². The van der Waals surface area contributed by atoms with Crippen LogP contribution in [0.2, 0.25) is 5.02 Å². The minimum absolute atomic E-state index is 0.00702. The Hall–Kier alpha value is -3.60. The van der Waals surface area contributed by atoms with E-state index in [1.165, 1.54) is 12.1 Å². The quantitative estimate of drug-likeness (QED) is 0.450. The summed E-state index contributed by atoms with van der Waals surface area (Å²) in [5.41, 5.74) is 2.11. The summed E-state index contributed by atoms with van der Waals surface area (Å²) in [4.78, 5) is 29.3. The maximum absolute atomic E-state index is 13.3. The zero-order valence-corrected chi connectivity index (χ0v) is 19.8. The molecule has 2 heterocycles. The zero-order chi connectivity index (χ0) is 24.9. The molecule has 0 bridgehead atoms. The molecule has 0 unspecified atom stereocenters. The monoisotopic (exact) mass is 501 g/mol. The highest BCUT2D eigenvalue weighted by Crippen LogP contribution is 2.26. The normalized spacial score (nSPS) is 17.7. The molecule has 1 aromatic carbocycles. The minimum Gasteiger partial charge on any atom is -0.465 e. The largest absolute Gasteiger partial charge is 0.465 e. The number of tetrazole rings is 1. The van der Waals surface area contributed by atoms with Crippen LogP contribution in [0.25, 0.3) is 11.4 Å². The van der Waals surface area contributed by atoms with Crippen LogP contribution < -0.4 is 10.6 Å². The number of carbonyl (C=O) groups is 2. The fraction of sp³-hybridized carbons (Fsp3) is 0.391. The minimum atomic E-state index is -0.989. The van der Waals surface area contributed by atoms with Gasteiger partial charge >= 0.3 is 6.09 Å². The van der Waals surface area contributed by atoms with E-state index in [1.54, 1.807) is 29.9 Å². The van der Waals surface area contributed by atoms with Gasteiger partial charge in [-0.15, -0.1) is 10.2 Å². The van der Waals surface area contributed by atoms with Crippen molar-refractivity contribution >= 4 is 23.6 Å². The first-order valence-electron chi connectivity index (χ1n) is 11.3. The summed E-state index contributed by atoms with van der Waals surface area (Å²) in [5.74, 6) is -0.190. The maximum atomic E-state index is 13.3. The molecule has 35 heavy (non-hydrogen) atoms. The number of carbonyl (C=O) groups excluding carboxylic acids is 1. The van der Waals surface area contributed by atoms with Crippen molar-refractivity contribution in [2.24, 2.45) is 5.92 Å². The van der Waals surface area contributed by atoms with Crippen LogP contribution in [0.15, 0.2) is 30.3 Å². The van der Waals surface area contributed by atoms with Gasteiger partial charge in [0.25, 0.3) is 5.91 Å². The second kappa shape index (κ2) is 10.8. The lowest BCUT2D eigenvalue weighted by molar-refractivity contribution is 0.0945. The predicted octanol–water partition coefficient (Wildman–Crippen LogP) is 3.59. The molecule has 3 aromatic rings. The molecule has 1 fully saturated rings. The SMILES string of the molecule is Cc1cc(-c2nnn(CC3CCC(NC(=O)O)CC3)n2)cc(C(=O)NCc2ccc(F)c(Cl)c2)n1. The lowest BCUT2D eigenvalue weighted by atomic mass is 9.86. The number of benzene rings is 1. The summed E-state index contributed by atoms with van der Waals surface area (Å²) < 4.78 is 13.3. The Morgan fingerprint density at radius 2 is 1.97 bits per heavy atom. The Kier molecular flexibility index (Phi) is 7.54. The summed E-state index contributed by atoms with van der Waals surface area (Å²) in [7, 11) is 0. The first kappa shape index (κ1) is 24.5. The van der Waals surface area contributed by atoms with E-state index in [2.05, 4.69) is 31.0 Å². The van der Waals surface area contributed by atoms with Crippen LogP contribution in [-0.2, 0) is 13.1 Å². The fourth-order valence-electron chi connectivity index (χ4n) is 4.17. The smallest absolute Gasteiger partial charge is 0.404 e. The maximum Gasteiger partial charge on any atom is 0.404 e. The third-order valence-electron chi connectivity index (χ3n) is 5.93. The van der Waals surface area contributed by atoms with Gasteiger partial charge in [-0.2, -0.15) is 4.80 Å². The number of carboxylic acid groups (broad SMARTS) is 1. The van der Waals surface area contributed by atoms with E-state index in [9.17, 15) is 14.0 Å². The second-order valence-electron chi connectivity index (χ2n) is 8.65. The van der Waals surface area contributed by atoms with Gasteiger partial charge in [0, 0.05) is 23.8 Å². The van der Waals surface area contributed by atoms with Crippen LogP contribution in [0.3, 0.4) is 0 Å². The highest BCUT2D eigenvalue weighted by molar-refractivity contribution is 6.30. The van der Waals surface area contributed by atoms with Gasteiger partial charge in [-0.25, -0.2) is 14.2 Å². The van der Waals surface area contributed by atoms with E-state index in [0.717, 1.165) is 25.7 Å². The molecule has 0 spiro atoms.